The van der Waals surface area contributed by atoms with Crippen molar-refractivity contribution in [2.24, 2.45) is 0 Å². The molecule has 1 aromatic carbocycles. The van der Waals surface area contributed by atoms with E-state index in [0.29, 0.717) is 6.61 Å². The molecule has 2 rings (SSSR count). The predicted octanol–water partition coefficient (Wildman–Crippen LogP) is 3.75. The molecule has 3 nitrogen and oxygen atoms in total. The monoisotopic (exact) mass is 262 g/mol. The van der Waals surface area contributed by atoms with Crippen molar-refractivity contribution in [3.8, 4) is 5.75 Å². The van der Waals surface area contributed by atoms with Crippen molar-refractivity contribution < 1.29 is 4.74 Å². The second-order valence-electron chi connectivity index (χ2n) is 3.86. The van der Waals surface area contributed by atoms with Crippen LogP contribution in [0.1, 0.15) is 12.5 Å². The maximum absolute atomic E-state index is 5.92. The Balaban J connectivity index is 1.99. The van der Waals surface area contributed by atoms with E-state index in [-0.39, 0.29) is 0 Å². The van der Waals surface area contributed by atoms with Crippen LogP contribution in [0.25, 0.3) is 0 Å². The number of anilines is 1. The second kappa shape index (κ2) is 6.26. The highest BCUT2D eigenvalue weighted by Crippen LogP contribution is 2.17. The van der Waals surface area contributed by atoms with E-state index < -0.39 is 0 Å². The van der Waals surface area contributed by atoms with E-state index in [9.17, 15) is 0 Å². The first-order valence-corrected chi connectivity index (χ1v) is 6.22. The molecule has 94 valence electrons. The highest BCUT2D eigenvalue weighted by atomic mass is 35.5. The topological polar surface area (TPSA) is 34.2 Å². The largest absolute Gasteiger partial charge is 0.487 e. The van der Waals surface area contributed by atoms with Crippen molar-refractivity contribution in [3.05, 3.63) is 53.3 Å². The number of halogens is 1. The van der Waals surface area contributed by atoms with Crippen molar-refractivity contribution in [3.63, 3.8) is 0 Å². The molecule has 2 aromatic rings. The van der Waals surface area contributed by atoms with Gasteiger partial charge in [-0.15, -0.1) is 0 Å². The molecule has 1 aromatic heterocycles. The van der Waals surface area contributed by atoms with E-state index in [1.165, 1.54) is 0 Å². The lowest BCUT2D eigenvalue weighted by Crippen LogP contribution is -1.99. The number of hydrogen-bond acceptors (Lipinski definition) is 3. The molecule has 0 saturated carbocycles. The molecule has 18 heavy (non-hydrogen) atoms. The van der Waals surface area contributed by atoms with Crippen LogP contribution in [0, 0.1) is 0 Å². The van der Waals surface area contributed by atoms with Crippen molar-refractivity contribution in [1.82, 2.24) is 4.98 Å². The third kappa shape index (κ3) is 3.64. The van der Waals surface area contributed by atoms with E-state index in [1.54, 1.807) is 12.4 Å². The Labute approximate surface area is 112 Å². The zero-order valence-corrected chi connectivity index (χ0v) is 10.9. The van der Waals surface area contributed by atoms with Crippen molar-refractivity contribution in [1.29, 1.82) is 0 Å². The minimum absolute atomic E-state index is 0.484. The summed E-state index contributed by atoms with van der Waals surface area (Å²) in [5, 5.41) is 3.91. The molecule has 0 bridgehead atoms. The number of nitrogens with zero attached hydrogens (tertiary/aromatic N) is 1. The number of nitrogens with one attached hydrogen (secondary N) is 1. The van der Waals surface area contributed by atoms with Crippen LogP contribution < -0.4 is 10.1 Å². The molecule has 1 N–H and O–H groups in total. The fourth-order valence-electron chi connectivity index (χ4n) is 1.59. The fourth-order valence-corrected chi connectivity index (χ4v) is 1.80. The normalized spacial score (nSPS) is 10.1. The van der Waals surface area contributed by atoms with E-state index >= 15 is 0 Å². The van der Waals surface area contributed by atoms with Gasteiger partial charge in [-0.05, 0) is 24.6 Å². The average Bonchev–Trinajstić information content (AvgIpc) is 2.37. The summed E-state index contributed by atoms with van der Waals surface area (Å²) >= 11 is 5.92. The summed E-state index contributed by atoms with van der Waals surface area (Å²) in [5.74, 6) is 0.744. The Kier molecular flexibility index (Phi) is 4.42. The summed E-state index contributed by atoms with van der Waals surface area (Å²) in [6, 6.07) is 9.56. The highest BCUT2D eigenvalue weighted by molar-refractivity contribution is 6.30. The van der Waals surface area contributed by atoms with E-state index in [4.69, 9.17) is 16.3 Å². The second-order valence-corrected chi connectivity index (χ2v) is 4.29. The van der Waals surface area contributed by atoms with Crippen LogP contribution in [-0.4, -0.2) is 11.5 Å². The van der Waals surface area contributed by atoms with E-state index in [2.05, 4.69) is 10.3 Å². The molecule has 0 fully saturated rings. The molecule has 0 atom stereocenters. The zero-order chi connectivity index (χ0) is 12.8. The van der Waals surface area contributed by atoms with Gasteiger partial charge in [0.1, 0.15) is 12.4 Å². The Morgan fingerprint density at radius 3 is 2.94 bits per heavy atom. The number of benzene rings is 1. The Hall–Kier alpha value is -1.74. The third-order valence-electron chi connectivity index (χ3n) is 2.39. The van der Waals surface area contributed by atoms with Gasteiger partial charge in [0.15, 0.2) is 0 Å². The smallest absolute Gasteiger partial charge is 0.140 e. The van der Waals surface area contributed by atoms with Gasteiger partial charge in [-0.1, -0.05) is 23.7 Å². The standard InChI is InChI=1S/C14H15ClN2O/c1-2-17-13-7-14(9-16-8-13)18-10-11-4-3-5-12(15)6-11/h3-9,17H,2,10H2,1H3. The Morgan fingerprint density at radius 1 is 1.28 bits per heavy atom. The Bertz CT molecular complexity index is 517. The summed E-state index contributed by atoms with van der Waals surface area (Å²) < 4.78 is 5.67. The first-order chi connectivity index (χ1) is 8.78. The van der Waals surface area contributed by atoms with Crippen LogP contribution in [-0.2, 0) is 6.61 Å². The molecule has 0 saturated heterocycles. The molecular weight excluding hydrogens is 248 g/mol. The van der Waals surface area contributed by atoms with Gasteiger partial charge >= 0.3 is 0 Å². The molecule has 0 amide bonds. The van der Waals surface area contributed by atoms with E-state index in [0.717, 1.165) is 28.6 Å². The molecule has 0 unspecified atom stereocenters. The van der Waals surface area contributed by atoms with Gasteiger partial charge in [0.25, 0.3) is 0 Å². The number of ether oxygens (including phenoxy) is 1. The van der Waals surface area contributed by atoms with Crippen molar-refractivity contribution in [2.75, 3.05) is 11.9 Å². The predicted molar refractivity (Wildman–Crippen MR) is 74.2 cm³/mol. The third-order valence-corrected chi connectivity index (χ3v) is 2.62. The molecule has 0 aliphatic rings. The summed E-state index contributed by atoms with van der Waals surface area (Å²) in [6.07, 6.45) is 3.47. The van der Waals surface area contributed by atoms with Gasteiger partial charge in [-0.2, -0.15) is 0 Å². The maximum atomic E-state index is 5.92. The van der Waals surface area contributed by atoms with Crippen LogP contribution in [0.2, 0.25) is 5.02 Å². The van der Waals surface area contributed by atoms with E-state index in [1.807, 2.05) is 37.3 Å². The minimum Gasteiger partial charge on any atom is -0.487 e. The number of rotatable bonds is 5. The van der Waals surface area contributed by atoms with Gasteiger partial charge in [-0.3, -0.25) is 4.98 Å². The van der Waals surface area contributed by atoms with Crippen LogP contribution in [0.3, 0.4) is 0 Å². The summed E-state index contributed by atoms with van der Waals surface area (Å²) in [4.78, 5) is 4.12. The van der Waals surface area contributed by atoms with Crippen molar-refractivity contribution in [2.45, 2.75) is 13.5 Å². The van der Waals surface area contributed by atoms with Gasteiger partial charge in [0.2, 0.25) is 0 Å². The van der Waals surface area contributed by atoms with Crippen molar-refractivity contribution >= 4 is 17.3 Å². The highest BCUT2D eigenvalue weighted by Gasteiger charge is 1.99. The summed E-state index contributed by atoms with van der Waals surface area (Å²) in [6.45, 7) is 3.39. The quantitative estimate of drug-likeness (QED) is 0.891. The van der Waals surface area contributed by atoms with Crippen LogP contribution in [0.15, 0.2) is 42.7 Å². The van der Waals surface area contributed by atoms with Gasteiger partial charge in [0.05, 0.1) is 18.1 Å². The molecular formula is C14H15ClN2O. The van der Waals surface area contributed by atoms with Gasteiger partial charge < -0.3 is 10.1 Å². The van der Waals surface area contributed by atoms with Gasteiger partial charge in [0, 0.05) is 17.6 Å². The minimum atomic E-state index is 0.484. The molecule has 4 heteroatoms. The molecule has 1 heterocycles. The summed E-state index contributed by atoms with van der Waals surface area (Å²) in [7, 11) is 0. The number of hydrogen-bond donors (Lipinski definition) is 1. The van der Waals surface area contributed by atoms with Crippen LogP contribution in [0.5, 0.6) is 5.75 Å². The maximum Gasteiger partial charge on any atom is 0.140 e. The Morgan fingerprint density at radius 2 is 2.17 bits per heavy atom. The molecule has 0 spiro atoms. The lowest BCUT2D eigenvalue weighted by molar-refractivity contribution is 0.305. The molecule has 0 aliphatic carbocycles. The fraction of sp³-hybridized carbons (Fsp3) is 0.214. The lowest BCUT2D eigenvalue weighted by Gasteiger charge is -2.08. The summed E-state index contributed by atoms with van der Waals surface area (Å²) in [5.41, 5.74) is 2.00. The SMILES string of the molecule is CCNc1cncc(OCc2cccc(Cl)c2)c1. The van der Waals surface area contributed by atoms with Crippen LogP contribution >= 0.6 is 11.6 Å². The molecule has 0 radical (unpaired) electrons. The average molecular weight is 263 g/mol. The number of pyridine rings is 1. The lowest BCUT2D eigenvalue weighted by atomic mass is 10.2. The first kappa shape index (κ1) is 12.7. The zero-order valence-electron chi connectivity index (χ0n) is 10.2. The number of aromatic nitrogens is 1. The van der Waals surface area contributed by atoms with Crippen LogP contribution in [0.4, 0.5) is 5.69 Å². The van der Waals surface area contributed by atoms with Gasteiger partial charge in [-0.25, -0.2) is 0 Å². The first-order valence-electron chi connectivity index (χ1n) is 5.84. The molecule has 0 aliphatic heterocycles.